The maximum Gasteiger partial charge on any atom is 0.249 e. The summed E-state index contributed by atoms with van der Waals surface area (Å²) in [6.45, 7) is 5.21. The molecule has 9 heteroatoms. The minimum atomic E-state index is -0.561. The topological polar surface area (TPSA) is 127 Å². The summed E-state index contributed by atoms with van der Waals surface area (Å²) >= 11 is 1.24. The van der Waals surface area contributed by atoms with E-state index in [-0.39, 0.29) is 11.1 Å². The SMILES string of the molecule is CC/C=C(\C(C=N)=C\C(=N)c1csc2c(=O)cc(N3CCN(C)CC3)oc12)c1ccccc1C(N)=O. The number of anilines is 1. The Hall–Kier alpha value is -3.82. The lowest BCUT2D eigenvalue weighted by Gasteiger charge is -2.32. The Bertz CT molecular complexity index is 1440. The predicted octanol–water partition coefficient (Wildman–Crippen LogP) is 4.14. The molecule has 36 heavy (non-hydrogen) atoms. The molecule has 1 aliphatic heterocycles. The lowest BCUT2D eigenvalue weighted by molar-refractivity contribution is 0.1000. The van der Waals surface area contributed by atoms with Crippen molar-refractivity contribution in [2.45, 2.75) is 13.3 Å². The number of nitrogens with one attached hydrogen (secondary N) is 2. The van der Waals surface area contributed by atoms with Crippen LogP contribution < -0.4 is 16.1 Å². The van der Waals surface area contributed by atoms with Gasteiger partial charge in [-0.05, 0) is 36.7 Å². The van der Waals surface area contributed by atoms with Crippen molar-refractivity contribution < 1.29 is 9.21 Å². The highest BCUT2D eigenvalue weighted by Gasteiger charge is 2.21. The molecule has 4 rings (SSSR count). The summed E-state index contributed by atoms with van der Waals surface area (Å²) in [7, 11) is 2.06. The second-order valence-electron chi connectivity index (χ2n) is 8.64. The largest absolute Gasteiger partial charge is 0.439 e. The van der Waals surface area contributed by atoms with Gasteiger partial charge in [-0.15, -0.1) is 11.3 Å². The van der Waals surface area contributed by atoms with E-state index in [0.717, 1.165) is 32.4 Å². The molecule has 4 N–H and O–H groups in total. The first kappa shape index (κ1) is 25.3. The zero-order valence-corrected chi connectivity index (χ0v) is 21.2. The molecule has 1 saturated heterocycles. The maximum atomic E-state index is 12.8. The van der Waals surface area contributed by atoms with E-state index in [1.54, 1.807) is 35.7 Å². The van der Waals surface area contributed by atoms with Gasteiger partial charge in [-0.3, -0.25) is 9.59 Å². The van der Waals surface area contributed by atoms with Crippen LogP contribution in [0.1, 0.15) is 34.8 Å². The number of hydrogen-bond acceptors (Lipinski definition) is 8. The van der Waals surface area contributed by atoms with Crippen LogP contribution in [0.2, 0.25) is 0 Å². The maximum absolute atomic E-state index is 12.8. The van der Waals surface area contributed by atoms with Gasteiger partial charge in [0.15, 0.2) is 11.5 Å². The van der Waals surface area contributed by atoms with E-state index in [9.17, 15) is 9.59 Å². The lowest BCUT2D eigenvalue weighted by Crippen LogP contribution is -2.44. The van der Waals surface area contributed by atoms with Gasteiger partial charge in [-0.25, -0.2) is 0 Å². The number of thiophene rings is 1. The number of rotatable bonds is 8. The third-order valence-corrected chi connectivity index (χ3v) is 7.17. The van der Waals surface area contributed by atoms with Gasteiger partial charge in [0.25, 0.3) is 0 Å². The first-order valence-electron chi connectivity index (χ1n) is 11.7. The fourth-order valence-corrected chi connectivity index (χ4v) is 5.15. The van der Waals surface area contributed by atoms with Gasteiger partial charge in [0.05, 0.1) is 11.3 Å². The standard InChI is InChI=1S/C27H29N5O3S/c1-3-6-18(19-7-4-5-8-20(19)27(30)34)17(15-28)13-22(29)21-16-36-26-23(33)14-24(35-25(21)26)32-11-9-31(2)10-12-32/h4-8,13-16,28-29H,3,9-12H2,1-2H3,(H2,30,34)/b17-13+,18-6+,28-15?,29-22?. The summed E-state index contributed by atoms with van der Waals surface area (Å²) in [6, 6.07) is 8.50. The van der Waals surface area contributed by atoms with Crippen LogP contribution >= 0.6 is 11.3 Å². The van der Waals surface area contributed by atoms with Crippen LogP contribution in [0.5, 0.6) is 0 Å². The van der Waals surface area contributed by atoms with Gasteiger partial charge in [-0.1, -0.05) is 31.2 Å². The number of amides is 1. The zero-order valence-electron chi connectivity index (χ0n) is 20.3. The fourth-order valence-electron chi connectivity index (χ4n) is 4.25. The number of nitrogens with zero attached hydrogens (tertiary/aromatic N) is 2. The van der Waals surface area contributed by atoms with E-state index in [1.165, 1.54) is 17.4 Å². The summed E-state index contributed by atoms with van der Waals surface area (Å²) in [5.74, 6) is -0.0553. The molecule has 2 aromatic heterocycles. The van der Waals surface area contributed by atoms with Gasteiger partial charge >= 0.3 is 0 Å². The Balaban J connectivity index is 1.76. The van der Waals surface area contributed by atoms with Crippen molar-refractivity contribution >= 4 is 50.9 Å². The Morgan fingerprint density at radius 3 is 2.50 bits per heavy atom. The molecule has 186 valence electrons. The number of likely N-dealkylation sites (N-methyl/N-ethyl adjacent to an activating group) is 1. The van der Waals surface area contributed by atoms with Gasteiger partial charge < -0.3 is 30.8 Å². The van der Waals surface area contributed by atoms with Crippen LogP contribution in [0, 0.1) is 10.8 Å². The zero-order chi connectivity index (χ0) is 25.8. The van der Waals surface area contributed by atoms with Crippen molar-refractivity contribution in [1.82, 2.24) is 4.90 Å². The van der Waals surface area contributed by atoms with Crippen LogP contribution in [-0.2, 0) is 0 Å². The average Bonchev–Trinajstić information content (AvgIpc) is 3.31. The van der Waals surface area contributed by atoms with Crippen molar-refractivity contribution in [2.24, 2.45) is 5.73 Å². The predicted molar refractivity (Wildman–Crippen MR) is 147 cm³/mol. The van der Waals surface area contributed by atoms with Crippen molar-refractivity contribution in [2.75, 3.05) is 38.1 Å². The lowest BCUT2D eigenvalue weighted by atomic mass is 9.91. The molecule has 0 aliphatic carbocycles. The molecular weight excluding hydrogens is 474 g/mol. The molecule has 0 bridgehead atoms. The molecule has 8 nitrogen and oxygen atoms in total. The monoisotopic (exact) mass is 503 g/mol. The Kier molecular flexibility index (Phi) is 7.61. The highest BCUT2D eigenvalue weighted by atomic mass is 32.1. The van der Waals surface area contributed by atoms with Crippen LogP contribution in [0.4, 0.5) is 5.88 Å². The molecule has 1 amide bonds. The molecule has 0 saturated carbocycles. The summed E-state index contributed by atoms with van der Waals surface area (Å²) in [4.78, 5) is 29.1. The first-order valence-corrected chi connectivity index (χ1v) is 12.6. The Morgan fingerprint density at radius 1 is 1.17 bits per heavy atom. The van der Waals surface area contributed by atoms with E-state index < -0.39 is 5.91 Å². The summed E-state index contributed by atoms with van der Waals surface area (Å²) in [5, 5.41) is 18.6. The number of allylic oxidation sites excluding steroid dienone is 4. The molecule has 3 heterocycles. The molecule has 1 aromatic carbocycles. The quantitative estimate of drug-likeness (QED) is 0.314. The Morgan fingerprint density at radius 2 is 1.86 bits per heavy atom. The third-order valence-electron chi connectivity index (χ3n) is 6.19. The van der Waals surface area contributed by atoms with Crippen molar-refractivity contribution in [3.8, 4) is 0 Å². The van der Waals surface area contributed by atoms with E-state index in [2.05, 4.69) is 11.9 Å². The van der Waals surface area contributed by atoms with Crippen LogP contribution in [0.15, 0.2) is 62.6 Å². The highest BCUT2D eigenvalue weighted by molar-refractivity contribution is 7.17. The summed E-state index contributed by atoms with van der Waals surface area (Å²) < 4.78 is 6.64. The van der Waals surface area contributed by atoms with Gasteiger partial charge in [0.1, 0.15) is 4.70 Å². The van der Waals surface area contributed by atoms with E-state index >= 15 is 0 Å². The van der Waals surface area contributed by atoms with E-state index in [1.807, 2.05) is 17.9 Å². The second-order valence-corrected chi connectivity index (χ2v) is 9.52. The molecule has 0 spiro atoms. The molecule has 0 unspecified atom stereocenters. The number of carbonyl (C=O) groups excluding carboxylic acids is 1. The number of hydrogen-bond donors (Lipinski definition) is 3. The van der Waals surface area contributed by atoms with Gasteiger partial charge in [0, 0.05) is 55.0 Å². The number of piperazine rings is 1. The van der Waals surface area contributed by atoms with Crippen molar-refractivity contribution in [3.63, 3.8) is 0 Å². The van der Waals surface area contributed by atoms with Gasteiger partial charge in [0.2, 0.25) is 11.3 Å². The first-order chi connectivity index (χ1) is 17.3. The minimum Gasteiger partial charge on any atom is -0.439 e. The molecule has 1 aliphatic rings. The van der Waals surface area contributed by atoms with Crippen molar-refractivity contribution in [1.29, 1.82) is 10.8 Å². The molecule has 0 atom stereocenters. The highest BCUT2D eigenvalue weighted by Crippen LogP contribution is 2.30. The van der Waals surface area contributed by atoms with E-state index in [4.69, 9.17) is 21.0 Å². The number of nitrogens with two attached hydrogens (primary N) is 1. The molecule has 0 radical (unpaired) electrons. The van der Waals surface area contributed by atoms with Crippen LogP contribution in [0.25, 0.3) is 15.9 Å². The van der Waals surface area contributed by atoms with Crippen molar-refractivity contribution in [3.05, 3.63) is 80.4 Å². The summed E-state index contributed by atoms with van der Waals surface area (Å²) in [5.41, 5.74) is 8.49. The summed E-state index contributed by atoms with van der Waals surface area (Å²) in [6.07, 6.45) is 5.29. The molecule has 3 aromatic rings. The normalized spacial score (nSPS) is 15.3. The number of fused-ring (bicyclic) bond motifs is 1. The number of primary amides is 1. The fraction of sp³-hybridized carbons (Fsp3) is 0.259. The minimum absolute atomic E-state index is 0.108. The smallest absolute Gasteiger partial charge is 0.249 e. The average molecular weight is 504 g/mol. The second kappa shape index (κ2) is 10.8. The van der Waals surface area contributed by atoms with Crippen LogP contribution in [0.3, 0.4) is 0 Å². The van der Waals surface area contributed by atoms with Gasteiger partial charge in [-0.2, -0.15) is 0 Å². The third kappa shape index (κ3) is 5.07. The molecule has 1 fully saturated rings. The number of carbonyl (C=O) groups is 1. The molecular formula is C27H29N5O3S. The van der Waals surface area contributed by atoms with E-state index in [0.29, 0.717) is 50.4 Å². The number of benzene rings is 1. The Labute approximate surface area is 213 Å². The van der Waals surface area contributed by atoms with Crippen LogP contribution in [-0.4, -0.2) is 56.0 Å².